The maximum absolute atomic E-state index is 11.8. The molecule has 2 aromatic heterocycles. The van der Waals surface area contributed by atoms with Crippen molar-refractivity contribution in [1.82, 2.24) is 19.7 Å². The number of fused-ring (bicyclic) bond motifs is 3. The van der Waals surface area contributed by atoms with Crippen LogP contribution in [0, 0.1) is 0 Å². The highest BCUT2D eigenvalue weighted by Crippen LogP contribution is 2.24. The molecule has 2 heterocycles. The smallest absolute Gasteiger partial charge is 0.303 e. The van der Waals surface area contributed by atoms with Gasteiger partial charge in [-0.3, -0.25) is 19.2 Å². The van der Waals surface area contributed by atoms with E-state index >= 15 is 0 Å². The van der Waals surface area contributed by atoms with Crippen molar-refractivity contribution in [3.05, 3.63) is 24.3 Å². The number of rotatable bonds is 10. The van der Waals surface area contributed by atoms with Crippen LogP contribution in [0.4, 0.5) is 5.95 Å². The Hall–Kier alpha value is -4.62. The van der Waals surface area contributed by atoms with E-state index in [1.54, 1.807) is 0 Å². The van der Waals surface area contributed by atoms with Gasteiger partial charge in [0.15, 0.2) is 24.0 Å². The molecule has 3 aromatic rings. The number of para-hydroxylation sites is 1. The van der Waals surface area contributed by atoms with Crippen molar-refractivity contribution in [2.75, 3.05) is 12.0 Å². The zero-order valence-electron chi connectivity index (χ0n) is 20.8. The highest BCUT2D eigenvalue weighted by atomic mass is 16.6. The number of nitrogens with one attached hydrogen (secondary N) is 1. The third kappa shape index (κ3) is 6.96. The van der Waals surface area contributed by atoms with Crippen LogP contribution in [0.1, 0.15) is 27.7 Å². The molecule has 14 heteroatoms. The van der Waals surface area contributed by atoms with Crippen molar-refractivity contribution in [3.63, 3.8) is 0 Å². The molecule has 0 amide bonds. The second kappa shape index (κ2) is 11.9. The highest BCUT2D eigenvalue weighted by molar-refractivity contribution is 6.04. The number of carbonyl (C=O) groups excluding carboxylic acids is 4. The first-order valence-corrected chi connectivity index (χ1v) is 11.1. The molecular weight excluding hydrogens is 488 g/mol. The van der Waals surface area contributed by atoms with Gasteiger partial charge in [0.2, 0.25) is 0 Å². The number of aromatic nitrogens is 4. The maximum Gasteiger partial charge on any atom is 0.303 e. The van der Waals surface area contributed by atoms with Gasteiger partial charge in [0.05, 0.1) is 11.7 Å². The summed E-state index contributed by atoms with van der Waals surface area (Å²) in [6, 6.07) is 7.63. The Morgan fingerprint density at radius 3 is 2.30 bits per heavy atom. The van der Waals surface area contributed by atoms with Crippen molar-refractivity contribution in [3.8, 4) is 0 Å². The Labute approximate surface area is 210 Å². The largest absolute Gasteiger partial charge is 0.462 e. The summed E-state index contributed by atoms with van der Waals surface area (Å²) in [6.07, 6.45) is -2.93. The van der Waals surface area contributed by atoms with Crippen LogP contribution in [0.5, 0.6) is 0 Å². The number of aryl methyl sites for hydroxylation is 1. The van der Waals surface area contributed by atoms with Crippen LogP contribution in [-0.2, 0) is 45.2 Å². The zero-order chi connectivity index (χ0) is 27.1. The van der Waals surface area contributed by atoms with E-state index in [9.17, 15) is 19.2 Å². The Morgan fingerprint density at radius 1 is 0.973 bits per heavy atom. The second-order valence-corrected chi connectivity index (χ2v) is 7.87. The lowest BCUT2D eigenvalue weighted by Gasteiger charge is -2.29. The fraction of sp³-hybridized carbons (Fsp3) is 0.391. The van der Waals surface area contributed by atoms with Crippen LogP contribution >= 0.6 is 0 Å². The molecule has 0 aliphatic rings. The lowest BCUT2D eigenvalue weighted by molar-refractivity contribution is -0.183. The summed E-state index contributed by atoms with van der Waals surface area (Å²) in [4.78, 5) is 51.0. The number of carbonyl (C=O) groups is 4. The number of hydrogen-bond acceptors (Lipinski definition) is 13. The molecule has 3 rings (SSSR count). The van der Waals surface area contributed by atoms with Crippen molar-refractivity contribution in [1.29, 1.82) is 0 Å². The van der Waals surface area contributed by atoms with Gasteiger partial charge in [-0.1, -0.05) is 18.2 Å². The molecule has 14 nitrogen and oxygen atoms in total. The monoisotopic (exact) mass is 514 g/mol. The van der Waals surface area contributed by atoms with Gasteiger partial charge in [-0.15, -0.1) is 10.2 Å². The van der Waals surface area contributed by atoms with E-state index < -0.39 is 48.8 Å². The maximum atomic E-state index is 11.8. The molecule has 196 valence electrons. The van der Waals surface area contributed by atoms with Crippen LogP contribution in [0.15, 0.2) is 29.4 Å². The van der Waals surface area contributed by atoms with Gasteiger partial charge in [0, 0.05) is 40.1 Å². The highest BCUT2D eigenvalue weighted by Gasteiger charge is 2.37. The number of esters is 4. The Bertz CT molecular complexity index is 1350. The number of hydrogen-bond donors (Lipinski definition) is 1. The molecular formula is C23H26N6O8. The van der Waals surface area contributed by atoms with Crippen molar-refractivity contribution >= 4 is 58.1 Å². The molecule has 0 saturated heterocycles. The summed E-state index contributed by atoms with van der Waals surface area (Å²) in [5.41, 5.74) is 4.68. The predicted molar refractivity (Wildman–Crippen MR) is 129 cm³/mol. The van der Waals surface area contributed by atoms with Gasteiger partial charge in [-0.05, 0) is 6.07 Å². The van der Waals surface area contributed by atoms with Crippen molar-refractivity contribution in [2.45, 2.75) is 46.0 Å². The van der Waals surface area contributed by atoms with E-state index in [-0.39, 0.29) is 5.95 Å². The molecule has 1 N–H and O–H groups in total. The standard InChI is InChI=1S/C23H26N6O8/c1-12(30)34-11-19(36-14(3)32)21(37-15(4)33)18(35-13(2)31)10-24-27-23-25-22-20(26-28-23)16-8-6-7-9-17(16)29(22)5/h6-10,18-19,21H,11H2,1-5H3,(H,25,27,28)/b24-10+/t18-,19-,21+/m1/s1. The number of anilines is 1. The first-order valence-electron chi connectivity index (χ1n) is 11.1. The summed E-state index contributed by atoms with van der Waals surface area (Å²) in [5.74, 6) is -2.87. The summed E-state index contributed by atoms with van der Waals surface area (Å²) < 4.78 is 22.5. The Kier molecular flexibility index (Phi) is 8.66. The minimum atomic E-state index is -1.39. The lowest BCUT2D eigenvalue weighted by atomic mass is 10.1. The average Bonchev–Trinajstić information content (AvgIpc) is 3.11. The number of ether oxygens (including phenoxy) is 4. The summed E-state index contributed by atoms with van der Waals surface area (Å²) in [5, 5.41) is 13.1. The Morgan fingerprint density at radius 2 is 1.65 bits per heavy atom. The molecule has 0 aliphatic heterocycles. The average molecular weight is 514 g/mol. The van der Waals surface area contributed by atoms with Gasteiger partial charge in [-0.2, -0.15) is 10.1 Å². The first kappa shape index (κ1) is 27.0. The van der Waals surface area contributed by atoms with E-state index in [0.29, 0.717) is 11.2 Å². The van der Waals surface area contributed by atoms with Gasteiger partial charge in [-0.25, -0.2) is 5.43 Å². The summed E-state index contributed by atoms with van der Waals surface area (Å²) >= 11 is 0. The van der Waals surface area contributed by atoms with E-state index in [1.807, 2.05) is 35.9 Å². The molecule has 0 unspecified atom stereocenters. The molecule has 1 aromatic carbocycles. The van der Waals surface area contributed by atoms with Gasteiger partial charge < -0.3 is 23.5 Å². The molecule has 0 bridgehead atoms. The van der Waals surface area contributed by atoms with Crippen LogP contribution in [0.2, 0.25) is 0 Å². The minimum Gasteiger partial charge on any atom is -0.462 e. The van der Waals surface area contributed by atoms with Crippen LogP contribution in [0.3, 0.4) is 0 Å². The molecule has 0 fully saturated rings. The predicted octanol–water partition coefficient (Wildman–Crippen LogP) is 1.27. The van der Waals surface area contributed by atoms with Crippen LogP contribution < -0.4 is 5.43 Å². The van der Waals surface area contributed by atoms with Crippen LogP contribution in [0.25, 0.3) is 22.1 Å². The molecule has 0 saturated carbocycles. The first-order chi connectivity index (χ1) is 17.6. The third-order valence-corrected chi connectivity index (χ3v) is 4.96. The molecule has 0 radical (unpaired) electrons. The zero-order valence-corrected chi connectivity index (χ0v) is 20.8. The molecule has 0 spiro atoms. The number of nitrogens with zero attached hydrogens (tertiary/aromatic N) is 5. The topological polar surface area (TPSA) is 173 Å². The van der Waals surface area contributed by atoms with E-state index in [1.165, 1.54) is 0 Å². The molecule has 3 atom stereocenters. The normalized spacial score (nSPS) is 13.6. The second-order valence-electron chi connectivity index (χ2n) is 7.87. The van der Waals surface area contributed by atoms with Gasteiger partial charge in [0.1, 0.15) is 12.1 Å². The van der Waals surface area contributed by atoms with Gasteiger partial charge in [0.25, 0.3) is 5.95 Å². The SMILES string of the molecule is CC(=O)OC[C@@H](OC(C)=O)[C@@H](OC(C)=O)[C@@H](/C=N/Nc1nnc2c3ccccc3n(C)c2n1)OC(C)=O. The quantitative estimate of drug-likeness (QED) is 0.178. The lowest BCUT2D eigenvalue weighted by Crippen LogP contribution is -2.48. The fourth-order valence-electron chi connectivity index (χ4n) is 3.55. The number of benzene rings is 1. The van der Waals surface area contributed by atoms with Crippen LogP contribution in [-0.4, -0.2) is 74.8 Å². The van der Waals surface area contributed by atoms with Crippen molar-refractivity contribution < 1.29 is 38.1 Å². The Balaban J connectivity index is 1.89. The fourth-order valence-corrected chi connectivity index (χ4v) is 3.55. The number of hydrazone groups is 1. The summed E-state index contributed by atoms with van der Waals surface area (Å²) in [7, 11) is 1.84. The minimum absolute atomic E-state index is 0.0386. The summed E-state index contributed by atoms with van der Waals surface area (Å²) in [6.45, 7) is 4.06. The molecule has 37 heavy (non-hydrogen) atoms. The van der Waals surface area contributed by atoms with E-state index in [0.717, 1.165) is 44.8 Å². The van der Waals surface area contributed by atoms with Gasteiger partial charge >= 0.3 is 23.9 Å². The molecule has 0 aliphatic carbocycles. The van der Waals surface area contributed by atoms with E-state index in [4.69, 9.17) is 18.9 Å². The third-order valence-electron chi connectivity index (χ3n) is 4.96. The van der Waals surface area contributed by atoms with Crippen molar-refractivity contribution in [2.24, 2.45) is 12.1 Å². The van der Waals surface area contributed by atoms with E-state index in [2.05, 4.69) is 25.7 Å².